The van der Waals surface area contributed by atoms with E-state index in [-0.39, 0.29) is 5.54 Å². The molecule has 3 heteroatoms. The topological polar surface area (TPSA) is 38.5 Å². The lowest BCUT2D eigenvalue weighted by Gasteiger charge is -2.43. The Kier molecular flexibility index (Phi) is 3.24. The van der Waals surface area contributed by atoms with Gasteiger partial charge in [0.1, 0.15) is 0 Å². The van der Waals surface area contributed by atoms with Gasteiger partial charge in [0, 0.05) is 19.1 Å². The van der Waals surface area contributed by atoms with Crippen molar-refractivity contribution in [2.24, 2.45) is 5.73 Å². The summed E-state index contributed by atoms with van der Waals surface area (Å²) in [5.41, 5.74) is 6.21. The lowest BCUT2D eigenvalue weighted by molar-refractivity contribution is 0.0141. The standard InChI is InChI=1S/C12H20N2O/c1-2-12(13)6-4-3-5-11(12)14-7-9-15-10-8-14/h3-6,11H,2,7-10,13H2,1H3/t11?,12-/m0/s1. The van der Waals surface area contributed by atoms with Crippen LogP contribution in [0.2, 0.25) is 0 Å². The maximum Gasteiger partial charge on any atom is 0.0594 e. The number of ether oxygens (including phenoxy) is 1. The van der Waals surface area contributed by atoms with Gasteiger partial charge in [-0.3, -0.25) is 4.90 Å². The number of nitrogens with zero attached hydrogens (tertiary/aromatic N) is 1. The molecule has 1 aliphatic carbocycles. The smallest absolute Gasteiger partial charge is 0.0594 e. The second-order valence-corrected chi connectivity index (χ2v) is 4.30. The van der Waals surface area contributed by atoms with E-state index in [1.165, 1.54) is 0 Å². The highest BCUT2D eigenvalue weighted by Gasteiger charge is 2.35. The van der Waals surface area contributed by atoms with Gasteiger partial charge < -0.3 is 10.5 Å². The van der Waals surface area contributed by atoms with Crippen molar-refractivity contribution in [2.75, 3.05) is 26.3 Å². The predicted molar refractivity (Wildman–Crippen MR) is 61.7 cm³/mol. The van der Waals surface area contributed by atoms with Crippen LogP contribution in [-0.4, -0.2) is 42.8 Å². The highest BCUT2D eigenvalue weighted by atomic mass is 16.5. The first-order valence-electron chi connectivity index (χ1n) is 5.73. The maximum absolute atomic E-state index is 6.41. The van der Waals surface area contributed by atoms with Crippen LogP contribution in [0.3, 0.4) is 0 Å². The van der Waals surface area contributed by atoms with Crippen molar-refractivity contribution in [1.82, 2.24) is 4.90 Å². The number of rotatable bonds is 2. The minimum absolute atomic E-state index is 0.202. The zero-order chi connectivity index (χ0) is 10.7. The summed E-state index contributed by atoms with van der Waals surface area (Å²) in [4.78, 5) is 2.42. The molecule has 84 valence electrons. The number of nitrogens with two attached hydrogens (primary N) is 1. The molecule has 0 saturated carbocycles. The van der Waals surface area contributed by atoms with Crippen LogP contribution in [-0.2, 0) is 4.74 Å². The number of allylic oxidation sites excluding steroid dienone is 2. The Bertz CT molecular complexity index is 269. The number of morpholine rings is 1. The molecule has 1 saturated heterocycles. The summed E-state index contributed by atoms with van der Waals surface area (Å²) >= 11 is 0. The molecule has 0 amide bonds. The lowest BCUT2D eigenvalue weighted by Crippen LogP contribution is -2.59. The van der Waals surface area contributed by atoms with Crippen LogP contribution >= 0.6 is 0 Å². The van der Waals surface area contributed by atoms with Crippen molar-refractivity contribution >= 4 is 0 Å². The molecule has 1 fully saturated rings. The van der Waals surface area contributed by atoms with E-state index in [1.54, 1.807) is 0 Å². The van der Waals surface area contributed by atoms with Crippen LogP contribution in [0.5, 0.6) is 0 Å². The van der Waals surface area contributed by atoms with Crippen LogP contribution < -0.4 is 5.73 Å². The van der Waals surface area contributed by atoms with E-state index in [4.69, 9.17) is 10.5 Å². The number of hydrogen-bond acceptors (Lipinski definition) is 3. The predicted octanol–water partition coefficient (Wildman–Crippen LogP) is 0.921. The summed E-state index contributed by atoms with van der Waals surface area (Å²) in [6.07, 6.45) is 9.47. The first-order valence-corrected chi connectivity index (χ1v) is 5.73. The highest BCUT2D eigenvalue weighted by molar-refractivity contribution is 5.26. The quantitative estimate of drug-likeness (QED) is 0.733. The van der Waals surface area contributed by atoms with Crippen LogP contribution in [0.4, 0.5) is 0 Å². The van der Waals surface area contributed by atoms with Gasteiger partial charge >= 0.3 is 0 Å². The summed E-state index contributed by atoms with van der Waals surface area (Å²) in [6.45, 7) is 5.78. The van der Waals surface area contributed by atoms with Crippen molar-refractivity contribution in [2.45, 2.75) is 24.9 Å². The molecule has 2 rings (SSSR count). The summed E-state index contributed by atoms with van der Waals surface area (Å²) in [6, 6.07) is 0.330. The zero-order valence-electron chi connectivity index (χ0n) is 9.36. The van der Waals surface area contributed by atoms with Crippen LogP contribution in [0.1, 0.15) is 13.3 Å². The molecule has 3 nitrogen and oxygen atoms in total. The molecule has 2 atom stereocenters. The van der Waals surface area contributed by atoms with Gasteiger partial charge in [0.15, 0.2) is 0 Å². The molecule has 2 aliphatic rings. The third-order valence-corrected chi connectivity index (χ3v) is 3.41. The fraction of sp³-hybridized carbons (Fsp3) is 0.667. The minimum Gasteiger partial charge on any atom is -0.379 e. The average Bonchev–Trinajstić information content (AvgIpc) is 2.31. The molecule has 0 aromatic carbocycles. The van der Waals surface area contributed by atoms with Gasteiger partial charge in [0.2, 0.25) is 0 Å². The monoisotopic (exact) mass is 208 g/mol. The van der Waals surface area contributed by atoms with Gasteiger partial charge in [-0.05, 0) is 6.42 Å². The fourth-order valence-corrected chi connectivity index (χ4v) is 2.33. The van der Waals surface area contributed by atoms with Crippen LogP contribution in [0.15, 0.2) is 24.3 Å². The van der Waals surface area contributed by atoms with Gasteiger partial charge in [-0.15, -0.1) is 0 Å². The molecule has 0 radical (unpaired) electrons. The molecule has 0 bridgehead atoms. The molecule has 2 N–H and O–H groups in total. The summed E-state index contributed by atoms with van der Waals surface area (Å²) in [5, 5.41) is 0. The minimum atomic E-state index is -0.202. The molecular weight excluding hydrogens is 188 g/mol. The second kappa shape index (κ2) is 4.47. The largest absolute Gasteiger partial charge is 0.379 e. The molecule has 15 heavy (non-hydrogen) atoms. The Hall–Kier alpha value is -0.640. The van der Waals surface area contributed by atoms with Crippen LogP contribution in [0.25, 0.3) is 0 Å². The number of hydrogen-bond donors (Lipinski definition) is 1. The van der Waals surface area contributed by atoms with Crippen molar-refractivity contribution < 1.29 is 4.74 Å². The summed E-state index contributed by atoms with van der Waals surface area (Å²) in [7, 11) is 0. The molecule has 0 aromatic heterocycles. The van der Waals surface area contributed by atoms with Crippen molar-refractivity contribution in [3.05, 3.63) is 24.3 Å². The SMILES string of the molecule is CC[C@]1(N)C=CC=CC1N1CCOCC1. The van der Waals surface area contributed by atoms with E-state index < -0.39 is 0 Å². The molecular formula is C12H20N2O. The van der Waals surface area contributed by atoms with Crippen LogP contribution in [0, 0.1) is 0 Å². The Morgan fingerprint density at radius 1 is 1.40 bits per heavy atom. The third kappa shape index (κ3) is 2.14. The second-order valence-electron chi connectivity index (χ2n) is 4.30. The van der Waals surface area contributed by atoms with Crippen molar-refractivity contribution in [3.63, 3.8) is 0 Å². The van der Waals surface area contributed by atoms with E-state index in [1.807, 2.05) is 0 Å². The molecule has 1 unspecified atom stereocenters. The normalized spacial score (nSPS) is 37.1. The van der Waals surface area contributed by atoms with Crippen molar-refractivity contribution in [1.29, 1.82) is 0 Å². The summed E-state index contributed by atoms with van der Waals surface area (Å²) in [5.74, 6) is 0. The van der Waals surface area contributed by atoms with E-state index in [0.717, 1.165) is 32.7 Å². The third-order valence-electron chi connectivity index (χ3n) is 3.41. The van der Waals surface area contributed by atoms with E-state index in [2.05, 4.69) is 36.1 Å². The molecule has 0 aromatic rings. The van der Waals surface area contributed by atoms with Gasteiger partial charge in [-0.2, -0.15) is 0 Å². The average molecular weight is 208 g/mol. The van der Waals surface area contributed by atoms with E-state index >= 15 is 0 Å². The zero-order valence-corrected chi connectivity index (χ0v) is 9.36. The Morgan fingerprint density at radius 2 is 2.13 bits per heavy atom. The Balaban J connectivity index is 2.11. The van der Waals surface area contributed by atoms with Gasteiger partial charge in [-0.1, -0.05) is 31.2 Å². The van der Waals surface area contributed by atoms with Gasteiger partial charge in [0.25, 0.3) is 0 Å². The Morgan fingerprint density at radius 3 is 2.80 bits per heavy atom. The summed E-state index contributed by atoms with van der Waals surface area (Å²) < 4.78 is 5.37. The first-order chi connectivity index (χ1) is 7.26. The first kappa shape index (κ1) is 10.9. The molecule has 1 aliphatic heterocycles. The van der Waals surface area contributed by atoms with Crippen molar-refractivity contribution in [3.8, 4) is 0 Å². The van der Waals surface area contributed by atoms with E-state index in [0.29, 0.717) is 6.04 Å². The van der Waals surface area contributed by atoms with Gasteiger partial charge in [-0.25, -0.2) is 0 Å². The van der Waals surface area contributed by atoms with Gasteiger partial charge in [0.05, 0.1) is 18.8 Å². The lowest BCUT2D eigenvalue weighted by atomic mass is 9.83. The van der Waals surface area contributed by atoms with E-state index in [9.17, 15) is 0 Å². The molecule has 1 heterocycles. The highest BCUT2D eigenvalue weighted by Crippen LogP contribution is 2.24. The molecule has 0 spiro atoms. The Labute approximate surface area is 91.6 Å². The maximum atomic E-state index is 6.41. The fourth-order valence-electron chi connectivity index (χ4n) is 2.33.